The van der Waals surface area contributed by atoms with Gasteiger partial charge in [-0.25, -0.2) is 4.98 Å². The Kier molecular flexibility index (Phi) is 6.21. The van der Waals surface area contributed by atoms with Gasteiger partial charge in [0.25, 0.3) is 0 Å². The average molecular weight is 430 g/mol. The number of nitrogens with zero attached hydrogens (tertiary/aromatic N) is 2. The maximum atomic E-state index is 10.9. The zero-order chi connectivity index (χ0) is 20.2. The third-order valence-electron chi connectivity index (χ3n) is 5.39. The summed E-state index contributed by atoms with van der Waals surface area (Å²) in [5, 5.41) is 14.2. The number of carbonyl (C=O) groups is 1. The van der Waals surface area contributed by atoms with Gasteiger partial charge in [-0.3, -0.25) is 4.79 Å². The van der Waals surface area contributed by atoms with Crippen LogP contribution in [0.25, 0.3) is 10.2 Å². The van der Waals surface area contributed by atoms with Crippen LogP contribution in [-0.4, -0.2) is 35.7 Å². The molecule has 0 aliphatic carbocycles. The normalized spacial score (nSPS) is 15.0. The molecule has 7 heteroatoms. The van der Waals surface area contributed by atoms with Crippen LogP contribution in [0.5, 0.6) is 0 Å². The number of hydrogen-bond donors (Lipinski definition) is 2. The van der Waals surface area contributed by atoms with Gasteiger partial charge in [0.05, 0.1) is 16.6 Å². The highest BCUT2D eigenvalue weighted by molar-refractivity contribution is 7.22. The first-order chi connectivity index (χ1) is 14.1. The maximum Gasteiger partial charge on any atom is 0.307 e. The van der Waals surface area contributed by atoms with Crippen molar-refractivity contribution in [2.45, 2.75) is 25.7 Å². The zero-order valence-electron chi connectivity index (χ0n) is 16.1. The lowest BCUT2D eigenvalue weighted by Crippen LogP contribution is -2.34. The Bertz CT molecular complexity index is 999. The van der Waals surface area contributed by atoms with Gasteiger partial charge in [-0.2, -0.15) is 0 Å². The average Bonchev–Trinajstić information content (AvgIpc) is 3.11. The topological polar surface area (TPSA) is 65.5 Å². The van der Waals surface area contributed by atoms with Crippen molar-refractivity contribution in [3.63, 3.8) is 0 Å². The third-order valence-corrected chi connectivity index (χ3v) is 6.70. The molecular formula is C22H24ClN3O2S. The van der Waals surface area contributed by atoms with E-state index in [1.807, 2.05) is 42.5 Å². The molecule has 1 aliphatic heterocycles. The van der Waals surface area contributed by atoms with Gasteiger partial charge in [-0.05, 0) is 61.1 Å². The second-order valence-electron chi connectivity index (χ2n) is 7.53. The third kappa shape index (κ3) is 5.19. The number of anilines is 2. The van der Waals surface area contributed by atoms with E-state index in [9.17, 15) is 4.79 Å². The number of nitrogens with one attached hydrogen (secondary N) is 1. The predicted octanol–water partition coefficient (Wildman–Crippen LogP) is 5.30. The summed E-state index contributed by atoms with van der Waals surface area (Å²) in [6.07, 6.45) is 3.51. The summed E-state index contributed by atoms with van der Waals surface area (Å²) in [5.41, 5.74) is 2.84. The molecule has 29 heavy (non-hydrogen) atoms. The number of aliphatic carboxylic acids is 1. The molecular weight excluding hydrogens is 406 g/mol. The van der Waals surface area contributed by atoms with E-state index in [0.29, 0.717) is 5.92 Å². The predicted molar refractivity (Wildman–Crippen MR) is 120 cm³/mol. The minimum Gasteiger partial charge on any atom is -0.481 e. The summed E-state index contributed by atoms with van der Waals surface area (Å²) in [7, 11) is 0. The van der Waals surface area contributed by atoms with E-state index >= 15 is 0 Å². The summed E-state index contributed by atoms with van der Waals surface area (Å²) in [6.45, 7) is 2.97. The van der Waals surface area contributed by atoms with Crippen molar-refractivity contribution in [1.82, 2.24) is 4.98 Å². The lowest BCUT2D eigenvalue weighted by molar-refractivity contribution is -0.136. The summed E-state index contributed by atoms with van der Waals surface area (Å²) < 4.78 is 1.14. The van der Waals surface area contributed by atoms with Crippen molar-refractivity contribution >= 4 is 49.9 Å². The first-order valence-electron chi connectivity index (χ1n) is 9.92. The highest BCUT2D eigenvalue weighted by atomic mass is 35.5. The second-order valence-corrected chi connectivity index (χ2v) is 8.97. The van der Waals surface area contributed by atoms with E-state index < -0.39 is 5.97 Å². The monoisotopic (exact) mass is 429 g/mol. The van der Waals surface area contributed by atoms with Gasteiger partial charge in [0, 0.05) is 30.3 Å². The van der Waals surface area contributed by atoms with Gasteiger partial charge in [0.2, 0.25) is 0 Å². The van der Waals surface area contributed by atoms with Crippen LogP contribution in [0.1, 0.15) is 24.8 Å². The Morgan fingerprint density at radius 3 is 2.86 bits per heavy atom. The number of halogens is 1. The fourth-order valence-electron chi connectivity index (χ4n) is 3.82. The molecule has 0 atom stereocenters. The van der Waals surface area contributed by atoms with Gasteiger partial charge in [0.1, 0.15) is 0 Å². The first kappa shape index (κ1) is 20.0. The van der Waals surface area contributed by atoms with Crippen LogP contribution in [0.2, 0.25) is 5.02 Å². The number of carboxylic acid groups (broad SMARTS) is 1. The number of aromatic nitrogens is 1. The zero-order valence-corrected chi connectivity index (χ0v) is 17.7. The van der Waals surface area contributed by atoms with Crippen LogP contribution in [-0.2, 0) is 11.2 Å². The lowest BCUT2D eigenvalue weighted by Gasteiger charge is -2.31. The Morgan fingerprint density at radius 1 is 1.24 bits per heavy atom. The van der Waals surface area contributed by atoms with E-state index in [4.69, 9.17) is 21.7 Å². The van der Waals surface area contributed by atoms with E-state index in [1.54, 1.807) is 11.3 Å². The summed E-state index contributed by atoms with van der Waals surface area (Å²) in [4.78, 5) is 18.0. The molecule has 0 amide bonds. The highest BCUT2D eigenvalue weighted by Gasteiger charge is 2.21. The minimum atomic E-state index is -0.801. The molecule has 2 heterocycles. The molecule has 1 fully saturated rings. The van der Waals surface area contributed by atoms with Crippen molar-refractivity contribution in [3.05, 3.63) is 53.1 Å². The maximum absolute atomic E-state index is 10.9. The number of thiazole rings is 1. The first-order valence-corrected chi connectivity index (χ1v) is 11.1. The van der Waals surface area contributed by atoms with Crippen molar-refractivity contribution in [2.75, 3.05) is 29.9 Å². The minimum absolute atomic E-state index is 0.0615. The lowest BCUT2D eigenvalue weighted by atomic mass is 9.94. The summed E-state index contributed by atoms with van der Waals surface area (Å²) in [6, 6.07) is 13.5. The molecule has 0 radical (unpaired) electrons. The fraction of sp³-hybridized carbons (Fsp3) is 0.364. The molecule has 5 nitrogen and oxygen atoms in total. The van der Waals surface area contributed by atoms with Crippen LogP contribution in [0.15, 0.2) is 42.5 Å². The Morgan fingerprint density at radius 2 is 2.07 bits per heavy atom. The van der Waals surface area contributed by atoms with Crippen LogP contribution in [0.4, 0.5) is 10.8 Å². The van der Waals surface area contributed by atoms with Crippen LogP contribution in [0, 0.1) is 5.92 Å². The number of piperidine rings is 1. The van der Waals surface area contributed by atoms with Crippen molar-refractivity contribution in [2.24, 2.45) is 5.92 Å². The van der Waals surface area contributed by atoms with Crippen LogP contribution < -0.4 is 10.2 Å². The molecule has 3 aromatic rings. The van der Waals surface area contributed by atoms with Gasteiger partial charge < -0.3 is 15.3 Å². The number of fused-ring (bicyclic) bond motifs is 1. The molecule has 2 aromatic carbocycles. The van der Waals surface area contributed by atoms with Gasteiger partial charge in [-0.15, -0.1) is 0 Å². The quantitative estimate of drug-likeness (QED) is 0.533. The van der Waals surface area contributed by atoms with Gasteiger partial charge in [-0.1, -0.05) is 35.1 Å². The van der Waals surface area contributed by atoms with Crippen molar-refractivity contribution in [3.8, 4) is 0 Å². The smallest absolute Gasteiger partial charge is 0.307 e. The number of carboxylic acids is 1. The molecule has 1 aromatic heterocycles. The molecule has 0 bridgehead atoms. The van der Waals surface area contributed by atoms with E-state index in [-0.39, 0.29) is 6.42 Å². The second kappa shape index (κ2) is 9.01. The van der Waals surface area contributed by atoms with Crippen molar-refractivity contribution in [1.29, 1.82) is 0 Å². The molecule has 4 rings (SSSR count). The standard InChI is InChI=1S/C22H24ClN3O2S/c23-17-4-5-19-20(14-17)29-22(25-19)26-10-7-15(8-11-26)6-9-24-18-3-1-2-16(12-18)13-21(27)28/h1-5,12,14-15,24H,6-11,13H2,(H,27,28). The Hall–Kier alpha value is -2.31. The molecule has 0 unspecified atom stereocenters. The summed E-state index contributed by atoms with van der Waals surface area (Å²) >= 11 is 7.81. The van der Waals surface area contributed by atoms with E-state index in [0.717, 1.165) is 70.5 Å². The highest BCUT2D eigenvalue weighted by Crippen LogP contribution is 2.33. The largest absolute Gasteiger partial charge is 0.481 e. The van der Waals surface area contributed by atoms with Gasteiger partial charge in [0.15, 0.2) is 5.13 Å². The van der Waals surface area contributed by atoms with Crippen LogP contribution in [0.3, 0.4) is 0 Å². The number of rotatable bonds is 7. The van der Waals surface area contributed by atoms with E-state index in [2.05, 4.69) is 10.2 Å². The Labute approximate surface area is 179 Å². The number of benzene rings is 2. The molecule has 152 valence electrons. The molecule has 2 N–H and O–H groups in total. The Balaban J connectivity index is 1.25. The molecule has 1 aliphatic rings. The molecule has 0 spiro atoms. The van der Waals surface area contributed by atoms with Crippen LogP contribution >= 0.6 is 22.9 Å². The molecule has 0 saturated carbocycles. The SMILES string of the molecule is O=C(O)Cc1cccc(NCCC2CCN(c3nc4ccc(Cl)cc4s3)CC2)c1. The molecule has 1 saturated heterocycles. The van der Waals surface area contributed by atoms with E-state index in [1.165, 1.54) is 0 Å². The summed E-state index contributed by atoms with van der Waals surface area (Å²) in [5.74, 6) is -0.102. The van der Waals surface area contributed by atoms with Gasteiger partial charge >= 0.3 is 5.97 Å². The van der Waals surface area contributed by atoms with Crippen molar-refractivity contribution < 1.29 is 9.90 Å². The number of hydrogen-bond acceptors (Lipinski definition) is 5. The fourth-order valence-corrected chi connectivity index (χ4v) is 5.11.